The summed E-state index contributed by atoms with van der Waals surface area (Å²) in [6, 6.07) is 21.7. The third-order valence-corrected chi connectivity index (χ3v) is 6.69. The molecular formula is C25H23BrN2O3S. The average Bonchev–Trinajstić information content (AvgIpc) is 3.20. The maximum absolute atomic E-state index is 12.6. The van der Waals surface area contributed by atoms with Gasteiger partial charge in [0, 0.05) is 44.2 Å². The molecule has 0 aliphatic heterocycles. The number of para-hydroxylation sites is 1. The first-order valence-corrected chi connectivity index (χ1v) is 11.9. The first kappa shape index (κ1) is 22.3. The zero-order valence-electron chi connectivity index (χ0n) is 17.8. The molecule has 1 heterocycles. The number of carbonyl (C=O) groups is 1. The summed E-state index contributed by atoms with van der Waals surface area (Å²) >= 11 is 5.23. The topological polar surface area (TPSA) is 63.4 Å². The third kappa shape index (κ3) is 4.95. The maximum atomic E-state index is 12.6. The van der Waals surface area contributed by atoms with Gasteiger partial charge in [-0.2, -0.15) is 0 Å². The van der Waals surface area contributed by atoms with E-state index < -0.39 is 0 Å². The van der Waals surface area contributed by atoms with Crippen molar-refractivity contribution in [2.45, 2.75) is 4.90 Å². The second-order valence-corrected chi connectivity index (χ2v) is 9.11. The minimum atomic E-state index is -0.158. The third-order valence-electron chi connectivity index (χ3n) is 5.04. The van der Waals surface area contributed by atoms with E-state index in [-0.39, 0.29) is 5.91 Å². The van der Waals surface area contributed by atoms with Gasteiger partial charge in [-0.1, -0.05) is 46.3 Å². The number of ether oxygens (including phenoxy) is 2. The molecule has 164 valence electrons. The summed E-state index contributed by atoms with van der Waals surface area (Å²) in [5.41, 5.74) is 3.82. The number of aromatic nitrogens is 1. The van der Waals surface area contributed by atoms with E-state index in [4.69, 9.17) is 9.47 Å². The Labute approximate surface area is 199 Å². The molecule has 0 saturated carbocycles. The SMILES string of the molecule is COc1cc(OC)cc(C(=O)NCCSc2c(-c3ccc(Br)cc3)[nH]c3ccccc23)c1. The van der Waals surface area contributed by atoms with Gasteiger partial charge in [0.2, 0.25) is 0 Å². The van der Waals surface area contributed by atoms with E-state index in [0.29, 0.717) is 23.6 Å². The van der Waals surface area contributed by atoms with Gasteiger partial charge in [0.05, 0.1) is 19.9 Å². The first-order chi connectivity index (χ1) is 15.6. The fourth-order valence-electron chi connectivity index (χ4n) is 3.44. The molecule has 1 aromatic heterocycles. The zero-order chi connectivity index (χ0) is 22.5. The number of aromatic amines is 1. The Kier molecular flexibility index (Phi) is 7.07. The Hall–Kier alpha value is -2.90. The van der Waals surface area contributed by atoms with Crippen molar-refractivity contribution in [3.05, 3.63) is 76.8 Å². The van der Waals surface area contributed by atoms with E-state index in [1.165, 1.54) is 10.3 Å². The van der Waals surface area contributed by atoms with Crippen LogP contribution in [0.5, 0.6) is 11.5 Å². The number of benzene rings is 3. The molecule has 0 atom stereocenters. The van der Waals surface area contributed by atoms with Gasteiger partial charge in [-0.05, 0) is 35.9 Å². The predicted octanol–water partition coefficient (Wildman–Crippen LogP) is 6.14. The Balaban J connectivity index is 1.47. The zero-order valence-corrected chi connectivity index (χ0v) is 20.2. The standard InChI is InChI=1S/C25H23BrN2O3S/c1-30-19-13-17(14-20(15-19)31-2)25(29)27-11-12-32-24-21-5-3-4-6-22(21)28-23(24)16-7-9-18(26)10-8-16/h3-10,13-15,28H,11-12H2,1-2H3,(H,27,29). The van der Waals surface area contributed by atoms with E-state index in [2.05, 4.69) is 50.5 Å². The Morgan fingerprint density at radius 2 is 1.69 bits per heavy atom. The van der Waals surface area contributed by atoms with Crippen molar-refractivity contribution in [3.8, 4) is 22.8 Å². The van der Waals surface area contributed by atoms with Crippen molar-refractivity contribution in [1.82, 2.24) is 10.3 Å². The van der Waals surface area contributed by atoms with Crippen LogP contribution in [0.2, 0.25) is 0 Å². The van der Waals surface area contributed by atoms with Gasteiger partial charge < -0.3 is 19.8 Å². The fourth-order valence-corrected chi connectivity index (χ4v) is 4.76. The van der Waals surface area contributed by atoms with Crippen LogP contribution in [0.15, 0.2) is 76.1 Å². The number of rotatable bonds is 8. The molecule has 0 saturated heterocycles. The normalized spacial score (nSPS) is 10.8. The smallest absolute Gasteiger partial charge is 0.251 e. The van der Waals surface area contributed by atoms with Crippen molar-refractivity contribution in [2.75, 3.05) is 26.5 Å². The highest BCUT2D eigenvalue weighted by Gasteiger charge is 2.14. The largest absolute Gasteiger partial charge is 0.497 e. The summed E-state index contributed by atoms with van der Waals surface area (Å²) < 4.78 is 11.6. The number of hydrogen-bond acceptors (Lipinski definition) is 4. The molecule has 4 rings (SSSR count). The van der Waals surface area contributed by atoms with E-state index in [1.54, 1.807) is 44.2 Å². The van der Waals surface area contributed by atoms with Crippen LogP contribution in [0.4, 0.5) is 0 Å². The number of methoxy groups -OCH3 is 2. The second-order valence-electron chi connectivity index (χ2n) is 7.09. The van der Waals surface area contributed by atoms with Gasteiger partial charge in [-0.3, -0.25) is 4.79 Å². The van der Waals surface area contributed by atoms with Gasteiger partial charge >= 0.3 is 0 Å². The molecule has 7 heteroatoms. The molecular weight excluding hydrogens is 488 g/mol. The van der Waals surface area contributed by atoms with Crippen LogP contribution in [0, 0.1) is 0 Å². The maximum Gasteiger partial charge on any atom is 0.251 e. The van der Waals surface area contributed by atoms with E-state index in [9.17, 15) is 4.79 Å². The van der Waals surface area contributed by atoms with Crippen molar-refractivity contribution < 1.29 is 14.3 Å². The highest BCUT2D eigenvalue weighted by Crippen LogP contribution is 2.37. The highest BCUT2D eigenvalue weighted by molar-refractivity contribution is 9.10. The number of H-pyrrole nitrogens is 1. The molecule has 1 amide bonds. The summed E-state index contributed by atoms with van der Waals surface area (Å²) in [6.45, 7) is 0.530. The lowest BCUT2D eigenvalue weighted by atomic mass is 10.1. The van der Waals surface area contributed by atoms with Crippen LogP contribution in [-0.4, -0.2) is 37.4 Å². The van der Waals surface area contributed by atoms with Gasteiger partial charge in [-0.15, -0.1) is 11.8 Å². The quantitative estimate of drug-likeness (QED) is 0.221. The molecule has 32 heavy (non-hydrogen) atoms. The number of hydrogen-bond donors (Lipinski definition) is 2. The van der Waals surface area contributed by atoms with Crippen LogP contribution in [0.25, 0.3) is 22.2 Å². The summed E-state index contributed by atoms with van der Waals surface area (Å²) in [7, 11) is 3.13. The van der Waals surface area contributed by atoms with Gasteiger partial charge in [0.25, 0.3) is 5.91 Å². The molecule has 0 spiro atoms. The molecule has 4 aromatic rings. The summed E-state index contributed by atoms with van der Waals surface area (Å²) in [4.78, 5) is 17.4. The number of carbonyl (C=O) groups excluding carboxylic acids is 1. The lowest BCUT2D eigenvalue weighted by Gasteiger charge is -2.10. The fraction of sp³-hybridized carbons (Fsp3) is 0.160. The van der Waals surface area contributed by atoms with Crippen LogP contribution in [0.1, 0.15) is 10.4 Å². The lowest BCUT2D eigenvalue weighted by Crippen LogP contribution is -2.25. The molecule has 0 bridgehead atoms. The van der Waals surface area contributed by atoms with Gasteiger partial charge in [-0.25, -0.2) is 0 Å². The van der Waals surface area contributed by atoms with E-state index in [1.807, 2.05) is 24.3 Å². The first-order valence-electron chi connectivity index (χ1n) is 10.1. The monoisotopic (exact) mass is 510 g/mol. The molecule has 0 aliphatic carbocycles. The van der Waals surface area contributed by atoms with Crippen LogP contribution >= 0.6 is 27.7 Å². The lowest BCUT2D eigenvalue weighted by molar-refractivity contribution is 0.0955. The Morgan fingerprint density at radius 1 is 1.00 bits per heavy atom. The average molecular weight is 511 g/mol. The summed E-state index contributed by atoms with van der Waals surface area (Å²) in [5.74, 6) is 1.75. The summed E-state index contributed by atoms with van der Waals surface area (Å²) in [5, 5.41) is 4.17. The van der Waals surface area contributed by atoms with E-state index in [0.717, 1.165) is 27.0 Å². The van der Waals surface area contributed by atoms with Crippen molar-refractivity contribution in [3.63, 3.8) is 0 Å². The van der Waals surface area contributed by atoms with E-state index >= 15 is 0 Å². The van der Waals surface area contributed by atoms with Crippen LogP contribution in [-0.2, 0) is 0 Å². The number of fused-ring (bicyclic) bond motifs is 1. The molecule has 3 aromatic carbocycles. The van der Waals surface area contributed by atoms with Crippen molar-refractivity contribution >= 4 is 44.5 Å². The number of halogens is 1. The Morgan fingerprint density at radius 3 is 2.38 bits per heavy atom. The minimum absolute atomic E-state index is 0.158. The molecule has 0 aliphatic rings. The molecule has 0 radical (unpaired) electrons. The molecule has 5 nitrogen and oxygen atoms in total. The van der Waals surface area contributed by atoms with Crippen LogP contribution < -0.4 is 14.8 Å². The Bertz CT molecular complexity index is 1220. The summed E-state index contributed by atoms with van der Waals surface area (Å²) in [6.07, 6.45) is 0. The number of thioether (sulfide) groups is 1. The van der Waals surface area contributed by atoms with Gasteiger partial charge in [0.1, 0.15) is 11.5 Å². The van der Waals surface area contributed by atoms with Gasteiger partial charge in [0.15, 0.2) is 0 Å². The van der Waals surface area contributed by atoms with Crippen molar-refractivity contribution in [2.24, 2.45) is 0 Å². The number of nitrogens with one attached hydrogen (secondary N) is 2. The minimum Gasteiger partial charge on any atom is -0.497 e. The second kappa shape index (κ2) is 10.1. The highest BCUT2D eigenvalue weighted by atomic mass is 79.9. The number of amides is 1. The predicted molar refractivity (Wildman–Crippen MR) is 134 cm³/mol. The van der Waals surface area contributed by atoms with Crippen molar-refractivity contribution in [1.29, 1.82) is 0 Å². The molecule has 0 fully saturated rings. The molecule has 0 unspecified atom stereocenters. The molecule has 2 N–H and O–H groups in total. The van der Waals surface area contributed by atoms with Crippen LogP contribution in [0.3, 0.4) is 0 Å².